The topological polar surface area (TPSA) is 44.4 Å². The number of hydrogen-bond donors (Lipinski definition) is 2. The van der Waals surface area contributed by atoms with E-state index in [1.807, 2.05) is 6.92 Å². The van der Waals surface area contributed by atoms with E-state index >= 15 is 0 Å². The first-order valence-electron chi connectivity index (χ1n) is 7.49. The highest BCUT2D eigenvalue weighted by Crippen LogP contribution is 2.33. The van der Waals surface area contributed by atoms with Crippen molar-refractivity contribution in [1.82, 2.24) is 10.6 Å². The van der Waals surface area contributed by atoms with Gasteiger partial charge in [-0.15, -0.1) is 0 Å². The molecule has 2 N–H and O–H groups in total. The first kappa shape index (κ1) is 14.9. The molecule has 2 unspecified atom stereocenters. The van der Waals surface area contributed by atoms with Gasteiger partial charge in [0.05, 0.1) is 0 Å². The molecule has 1 aliphatic heterocycles. The molecule has 2 atom stereocenters. The highest BCUT2D eigenvalue weighted by Gasteiger charge is 2.27. The van der Waals surface area contributed by atoms with E-state index in [9.17, 15) is 4.79 Å². The lowest BCUT2D eigenvalue weighted by molar-refractivity contribution is -0.121. The third kappa shape index (κ3) is 2.96. The van der Waals surface area contributed by atoms with Gasteiger partial charge >= 0.3 is 0 Å². The van der Waals surface area contributed by atoms with Crippen LogP contribution in [0.25, 0.3) is 0 Å². The molecule has 4 nitrogen and oxygen atoms in total. The number of benzene rings is 1. The van der Waals surface area contributed by atoms with Crippen molar-refractivity contribution >= 4 is 11.6 Å². The van der Waals surface area contributed by atoms with Crippen molar-refractivity contribution in [1.29, 1.82) is 0 Å². The van der Waals surface area contributed by atoms with Gasteiger partial charge in [-0.3, -0.25) is 4.79 Å². The molecule has 0 aromatic heterocycles. The summed E-state index contributed by atoms with van der Waals surface area (Å²) >= 11 is 0. The van der Waals surface area contributed by atoms with E-state index in [0.29, 0.717) is 6.04 Å². The molecular formula is C16H25N3O. The predicted octanol–water partition coefficient (Wildman–Crippen LogP) is 2.07. The maximum atomic E-state index is 12.0. The number of rotatable bonds is 4. The third-order valence-corrected chi connectivity index (χ3v) is 4.06. The molecule has 1 aromatic carbocycles. The second-order valence-electron chi connectivity index (χ2n) is 5.29. The molecule has 20 heavy (non-hydrogen) atoms. The maximum Gasteiger partial charge on any atom is 0.242 e. The van der Waals surface area contributed by atoms with Crippen LogP contribution in [0.15, 0.2) is 24.3 Å². The van der Waals surface area contributed by atoms with Gasteiger partial charge < -0.3 is 15.5 Å². The number of nitrogens with one attached hydrogen (secondary N) is 2. The molecule has 1 amide bonds. The van der Waals surface area contributed by atoms with E-state index in [2.05, 4.69) is 46.7 Å². The summed E-state index contributed by atoms with van der Waals surface area (Å²) in [6.07, 6.45) is 2.20. The Morgan fingerprint density at radius 2 is 2.20 bits per heavy atom. The number of nitrogens with zero attached hydrogens (tertiary/aromatic N) is 1. The Labute approximate surface area is 121 Å². The fourth-order valence-corrected chi connectivity index (χ4v) is 3.00. The summed E-state index contributed by atoms with van der Waals surface area (Å²) in [5.74, 6) is 0.0710. The molecular weight excluding hydrogens is 250 g/mol. The SMILES string of the molecule is CCNC1CCCN(C(C)C(=O)NC)c2ccccc21. The summed E-state index contributed by atoms with van der Waals surface area (Å²) in [4.78, 5) is 14.2. The highest BCUT2D eigenvalue weighted by atomic mass is 16.2. The molecule has 1 aromatic rings. The van der Waals surface area contributed by atoms with Crippen LogP contribution in [0.1, 0.15) is 38.3 Å². The number of anilines is 1. The molecule has 0 bridgehead atoms. The van der Waals surface area contributed by atoms with Gasteiger partial charge in [-0.05, 0) is 37.9 Å². The largest absolute Gasteiger partial charge is 0.360 e. The summed E-state index contributed by atoms with van der Waals surface area (Å²) in [5.41, 5.74) is 2.50. The van der Waals surface area contributed by atoms with Crippen molar-refractivity contribution in [3.63, 3.8) is 0 Å². The third-order valence-electron chi connectivity index (χ3n) is 4.06. The second-order valence-corrected chi connectivity index (χ2v) is 5.29. The first-order valence-corrected chi connectivity index (χ1v) is 7.49. The van der Waals surface area contributed by atoms with Crippen LogP contribution in [0.3, 0.4) is 0 Å². The number of hydrogen-bond acceptors (Lipinski definition) is 3. The van der Waals surface area contributed by atoms with Gasteiger partial charge in [0.15, 0.2) is 0 Å². The van der Waals surface area contributed by atoms with Crippen molar-refractivity contribution in [3.8, 4) is 0 Å². The van der Waals surface area contributed by atoms with Crippen molar-refractivity contribution in [3.05, 3.63) is 29.8 Å². The fraction of sp³-hybridized carbons (Fsp3) is 0.562. The van der Waals surface area contributed by atoms with Crippen LogP contribution < -0.4 is 15.5 Å². The zero-order valence-electron chi connectivity index (χ0n) is 12.6. The van der Waals surface area contributed by atoms with Gasteiger partial charge in [0, 0.05) is 25.3 Å². The normalized spacial score (nSPS) is 19.9. The summed E-state index contributed by atoms with van der Waals surface area (Å²) < 4.78 is 0. The lowest BCUT2D eigenvalue weighted by atomic mass is 10.0. The molecule has 110 valence electrons. The van der Waals surface area contributed by atoms with Crippen molar-refractivity contribution in [2.75, 3.05) is 25.0 Å². The number of amides is 1. The van der Waals surface area contributed by atoms with Crippen LogP contribution in [0.4, 0.5) is 5.69 Å². The van der Waals surface area contributed by atoms with Gasteiger partial charge in [0.1, 0.15) is 6.04 Å². The van der Waals surface area contributed by atoms with Crippen molar-refractivity contribution in [2.45, 2.75) is 38.8 Å². The summed E-state index contributed by atoms with van der Waals surface area (Å²) in [5, 5.41) is 6.31. The van der Waals surface area contributed by atoms with E-state index in [1.165, 1.54) is 11.3 Å². The van der Waals surface area contributed by atoms with E-state index in [-0.39, 0.29) is 11.9 Å². The number of fused-ring (bicyclic) bond motifs is 1. The van der Waals surface area contributed by atoms with Gasteiger partial charge in [-0.25, -0.2) is 0 Å². The Hall–Kier alpha value is -1.55. The van der Waals surface area contributed by atoms with Crippen LogP contribution in [-0.4, -0.2) is 32.1 Å². The Morgan fingerprint density at radius 3 is 2.90 bits per heavy atom. The predicted molar refractivity (Wildman–Crippen MR) is 83.0 cm³/mol. The fourth-order valence-electron chi connectivity index (χ4n) is 3.00. The molecule has 0 saturated heterocycles. The Kier molecular flexibility index (Phi) is 5.01. The zero-order chi connectivity index (χ0) is 14.5. The second kappa shape index (κ2) is 6.75. The Bertz CT molecular complexity index is 461. The molecule has 0 saturated carbocycles. The minimum Gasteiger partial charge on any atom is -0.360 e. The molecule has 0 aliphatic carbocycles. The van der Waals surface area contributed by atoms with E-state index in [1.54, 1.807) is 7.05 Å². The lowest BCUT2D eigenvalue weighted by Gasteiger charge is -2.30. The van der Waals surface area contributed by atoms with E-state index < -0.39 is 0 Å². The van der Waals surface area contributed by atoms with Crippen molar-refractivity contribution < 1.29 is 4.79 Å². The van der Waals surface area contributed by atoms with Crippen LogP contribution in [0.2, 0.25) is 0 Å². The number of likely N-dealkylation sites (N-methyl/N-ethyl adjacent to an activating group) is 1. The van der Waals surface area contributed by atoms with Gasteiger partial charge in [-0.2, -0.15) is 0 Å². The molecule has 1 aliphatic rings. The van der Waals surface area contributed by atoms with Crippen molar-refractivity contribution in [2.24, 2.45) is 0 Å². The van der Waals surface area contributed by atoms with Gasteiger partial charge in [-0.1, -0.05) is 25.1 Å². The number of para-hydroxylation sites is 1. The molecule has 0 fully saturated rings. The van der Waals surface area contributed by atoms with E-state index in [4.69, 9.17) is 0 Å². The summed E-state index contributed by atoms with van der Waals surface area (Å²) in [7, 11) is 1.70. The minimum absolute atomic E-state index is 0.0710. The van der Waals surface area contributed by atoms with Gasteiger partial charge in [0.25, 0.3) is 0 Å². The molecule has 2 rings (SSSR count). The number of carbonyl (C=O) groups excluding carboxylic acids is 1. The summed E-state index contributed by atoms with van der Waals surface area (Å²) in [6, 6.07) is 8.69. The lowest BCUT2D eigenvalue weighted by Crippen LogP contribution is -2.44. The van der Waals surface area contributed by atoms with Crippen LogP contribution >= 0.6 is 0 Å². The summed E-state index contributed by atoms with van der Waals surface area (Å²) in [6.45, 7) is 6.00. The van der Waals surface area contributed by atoms with Crippen LogP contribution in [-0.2, 0) is 4.79 Å². The van der Waals surface area contributed by atoms with Crippen LogP contribution in [0, 0.1) is 0 Å². The minimum atomic E-state index is -0.137. The highest BCUT2D eigenvalue weighted by molar-refractivity contribution is 5.85. The zero-order valence-corrected chi connectivity index (χ0v) is 12.6. The Balaban J connectivity index is 2.35. The quantitative estimate of drug-likeness (QED) is 0.884. The first-order chi connectivity index (χ1) is 9.69. The standard InChI is InChI=1S/C16H25N3O/c1-4-18-14-9-7-11-19(12(2)16(20)17-3)15-10-6-5-8-13(14)15/h5-6,8,10,12,14,18H,4,7,9,11H2,1-3H3,(H,17,20). The average molecular weight is 275 g/mol. The molecule has 0 spiro atoms. The molecule has 1 heterocycles. The monoisotopic (exact) mass is 275 g/mol. The van der Waals surface area contributed by atoms with Gasteiger partial charge in [0.2, 0.25) is 5.91 Å². The number of carbonyl (C=O) groups is 1. The molecule has 0 radical (unpaired) electrons. The maximum absolute atomic E-state index is 12.0. The average Bonchev–Trinajstić information content (AvgIpc) is 2.66. The Morgan fingerprint density at radius 1 is 1.45 bits per heavy atom. The van der Waals surface area contributed by atoms with E-state index in [0.717, 1.165) is 25.9 Å². The smallest absolute Gasteiger partial charge is 0.242 e. The molecule has 4 heteroatoms. The van der Waals surface area contributed by atoms with Crippen LogP contribution in [0.5, 0.6) is 0 Å².